The first-order valence-corrected chi connectivity index (χ1v) is 6.31. The molecule has 0 bridgehead atoms. The van der Waals surface area contributed by atoms with Crippen molar-refractivity contribution in [3.8, 4) is 17.2 Å². The molecule has 0 saturated carbocycles. The Bertz CT molecular complexity index is 431. The molecular weight excluding hydrogens is 300 g/mol. The summed E-state index contributed by atoms with van der Waals surface area (Å²) in [7, 11) is 4.70. The van der Waals surface area contributed by atoms with Crippen LogP contribution in [0.4, 0.5) is 0 Å². The third-order valence-corrected chi connectivity index (χ3v) is 3.42. The van der Waals surface area contributed by atoms with Crippen molar-refractivity contribution in [2.45, 2.75) is 19.3 Å². The average Bonchev–Trinajstić information content (AvgIpc) is 2.37. The summed E-state index contributed by atoms with van der Waals surface area (Å²) in [6, 6.07) is 1.82. The van der Waals surface area contributed by atoms with E-state index in [0.29, 0.717) is 23.7 Å². The van der Waals surface area contributed by atoms with Gasteiger partial charge in [-0.2, -0.15) is 0 Å². The predicted octanol–water partition coefficient (Wildman–Crippen LogP) is 3.17. The van der Waals surface area contributed by atoms with Gasteiger partial charge in [0, 0.05) is 16.5 Å². The van der Waals surface area contributed by atoms with Crippen LogP contribution < -0.4 is 14.2 Å². The van der Waals surface area contributed by atoms with Crippen molar-refractivity contribution < 1.29 is 19.0 Å². The van der Waals surface area contributed by atoms with E-state index in [1.807, 2.05) is 13.0 Å². The molecule has 0 radical (unpaired) electrons. The van der Waals surface area contributed by atoms with E-state index in [1.165, 1.54) is 0 Å². The summed E-state index contributed by atoms with van der Waals surface area (Å²) in [6.45, 7) is 1.96. The SMILES string of the molecule is COc1cc(Br)c(C(C)CC=O)c(OC)c1OC. The second kappa shape index (κ2) is 6.64. The van der Waals surface area contributed by atoms with Crippen LogP contribution in [0.5, 0.6) is 17.2 Å². The molecule has 0 fully saturated rings. The zero-order valence-corrected chi connectivity index (χ0v) is 12.5. The van der Waals surface area contributed by atoms with E-state index in [0.717, 1.165) is 16.3 Å². The lowest BCUT2D eigenvalue weighted by atomic mass is 9.96. The molecule has 1 rings (SSSR count). The first kappa shape index (κ1) is 14.8. The molecule has 4 nitrogen and oxygen atoms in total. The highest BCUT2D eigenvalue weighted by Crippen LogP contribution is 2.47. The Morgan fingerprint density at radius 3 is 2.28 bits per heavy atom. The zero-order valence-electron chi connectivity index (χ0n) is 11.0. The maximum atomic E-state index is 10.7. The molecule has 0 aliphatic heterocycles. The Balaban J connectivity index is 3.45. The van der Waals surface area contributed by atoms with Crippen LogP contribution in [0, 0.1) is 0 Å². The molecule has 0 aliphatic carbocycles. The fourth-order valence-electron chi connectivity index (χ4n) is 1.87. The molecule has 0 amide bonds. The van der Waals surface area contributed by atoms with Crippen LogP contribution in [0.1, 0.15) is 24.8 Å². The maximum Gasteiger partial charge on any atom is 0.203 e. The quantitative estimate of drug-likeness (QED) is 0.756. The molecule has 0 aromatic heterocycles. The Morgan fingerprint density at radius 1 is 1.22 bits per heavy atom. The normalized spacial score (nSPS) is 11.8. The van der Waals surface area contributed by atoms with Crippen molar-refractivity contribution in [1.29, 1.82) is 0 Å². The van der Waals surface area contributed by atoms with Crippen molar-refractivity contribution in [2.75, 3.05) is 21.3 Å². The fourth-order valence-corrected chi connectivity index (χ4v) is 2.65. The summed E-state index contributed by atoms with van der Waals surface area (Å²) >= 11 is 3.48. The molecular formula is C13H17BrO4. The number of rotatable bonds is 6. The number of carbonyl (C=O) groups excluding carboxylic acids is 1. The molecule has 1 aromatic carbocycles. The largest absolute Gasteiger partial charge is 0.493 e. The second-order valence-corrected chi connectivity index (χ2v) is 4.70. The number of carbonyl (C=O) groups is 1. The van der Waals surface area contributed by atoms with E-state index in [-0.39, 0.29) is 5.92 Å². The van der Waals surface area contributed by atoms with Crippen molar-refractivity contribution in [2.24, 2.45) is 0 Å². The third kappa shape index (κ3) is 2.77. The van der Waals surface area contributed by atoms with Crippen LogP contribution in [0.2, 0.25) is 0 Å². The Hall–Kier alpha value is -1.23. The topological polar surface area (TPSA) is 44.8 Å². The minimum Gasteiger partial charge on any atom is -0.493 e. The van der Waals surface area contributed by atoms with E-state index in [2.05, 4.69) is 15.9 Å². The van der Waals surface area contributed by atoms with Gasteiger partial charge in [-0.05, 0) is 12.0 Å². The number of hydrogen-bond donors (Lipinski definition) is 0. The van der Waals surface area contributed by atoms with Crippen LogP contribution in [-0.4, -0.2) is 27.6 Å². The number of hydrogen-bond acceptors (Lipinski definition) is 4. The molecule has 18 heavy (non-hydrogen) atoms. The summed E-state index contributed by atoms with van der Waals surface area (Å²) in [4.78, 5) is 10.7. The summed E-state index contributed by atoms with van der Waals surface area (Å²) in [6.07, 6.45) is 1.32. The van der Waals surface area contributed by atoms with Gasteiger partial charge in [0.05, 0.1) is 21.3 Å². The number of aldehydes is 1. The molecule has 100 valence electrons. The second-order valence-electron chi connectivity index (χ2n) is 3.84. The van der Waals surface area contributed by atoms with Crippen molar-refractivity contribution >= 4 is 22.2 Å². The van der Waals surface area contributed by atoms with Gasteiger partial charge >= 0.3 is 0 Å². The van der Waals surface area contributed by atoms with Crippen molar-refractivity contribution in [3.05, 3.63) is 16.1 Å². The van der Waals surface area contributed by atoms with Crippen molar-refractivity contribution in [3.63, 3.8) is 0 Å². The first-order valence-electron chi connectivity index (χ1n) is 5.52. The van der Waals surface area contributed by atoms with Gasteiger partial charge in [0.1, 0.15) is 6.29 Å². The summed E-state index contributed by atoms with van der Waals surface area (Å²) < 4.78 is 16.8. The Labute approximate surface area is 115 Å². The van der Waals surface area contributed by atoms with Crippen LogP contribution in [0.25, 0.3) is 0 Å². The molecule has 0 saturated heterocycles. The van der Waals surface area contributed by atoms with Crippen LogP contribution >= 0.6 is 15.9 Å². The van der Waals surface area contributed by atoms with Gasteiger partial charge in [0.25, 0.3) is 0 Å². The van der Waals surface area contributed by atoms with Gasteiger partial charge in [-0.3, -0.25) is 0 Å². The van der Waals surface area contributed by atoms with Gasteiger partial charge < -0.3 is 19.0 Å². The van der Waals surface area contributed by atoms with Gasteiger partial charge in [-0.25, -0.2) is 0 Å². The lowest BCUT2D eigenvalue weighted by Crippen LogP contribution is -2.03. The van der Waals surface area contributed by atoms with E-state index in [9.17, 15) is 4.79 Å². The summed E-state index contributed by atoms with van der Waals surface area (Å²) in [5, 5.41) is 0. The van der Waals surface area contributed by atoms with Gasteiger partial charge in [0.15, 0.2) is 11.5 Å². The standard InChI is InChI=1S/C13H17BrO4/c1-8(5-6-15)11-9(14)7-10(16-2)12(17-3)13(11)18-4/h6-8H,5H2,1-4H3. The molecule has 0 heterocycles. The first-order chi connectivity index (χ1) is 8.60. The summed E-state index contributed by atoms with van der Waals surface area (Å²) in [5.41, 5.74) is 0.905. The van der Waals surface area contributed by atoms with E-state index < -0.39 is 0 Å². The Kier molecular flexibility index (Phi) is 5.47. The van der Waals surface area contributed by atoms with Gasteiger partial charge in [-0.1, -0.05) is 22.9 Å². The van der Waals surface area contributed by atoms with E-state index in [1.54, 1.807) is 21.3 Å². The molecule has 1 aromatic rings. The van der Waals surface area contributed by atoms with Gasteiger partial charge in [-0.15, -0.1) is 0 Å². The molecule has 0 spiro atoms. The van der Waals surface area contributed by atoms with Crippen LogP contribution in [-0.2, 0) is 4.79 Å². The highest BCUT2D eigenvalue weighted by Gasteiger charge is 2.23. The lowest BCUT2D eigenvalue weighted by molar-refractivity contribution is -0.108. The summed E-state index contributed by atoms with van der Waals surface area (Å²) in [5.74, 6) is 1.75. The van der Waals surface area contributed by atoms with Crippen LogP contribution in [0.15, 0.2) is 10.5 Å². The molecule has 0 N–H and O–H groups in total. The monoisotopic (exact) mass is 316 g/mol. The van der Waals surface area contributed by atoms with E-state index in [4.69, 9.17) is 14.2 Å². The highest BCUT2D eigenvalue weighted by atomic mass is 79.9. The molecule has 1 unspecified atom stereocenters. The lowest BCUT2D eigenvalue weighted by Gasteiger charge is -2.20. The molecule has 1 atom stereocenters. The zero-order chi connectivity index (χ0) is 13.7. The predicted molar refractivity (Wildman–Crippen MR) is 72.9 cm³/mol. The maximum absolute atomic E-state index is 10.7. The number of methoxy groups -OCH3 is 3. The van der Waals surface area contributed by atoms with Gasteiger partial charge in [0.2, 0.25) is 5.75 Å². The average molecular weight is 317 g/mol. The minimum absolute atomic E-state index is 0.0339. The highest BCUT2D eigenvalue weighted by molar-refractivity contribution is 9.10. The Morgan fingerprint density at radius 2 is 1.83 bits per heavy atom. The number of ether oxygens (including phenoxy) is 3. The molecule has 5 heteroatoms. The van der Waals surface area contributed by atoms with Crippen molar-refractivity contribution in [1.82, 2.24) is 0 Å². The smallest absolute Gasteiger partial charge is 0.203 e. The van der Waals surface area contributed by atoms with Crippen LogP contribution in [0.3, 0.4) is 0 Å². The fraction of sp³-hybridized carbons (Fsp3) is 0.462. The minimum atomic E-state index is 0.0339. The third-order valence-electron chi connectivity index (χ3n) is 2.76. The number of benzene rings is 1. The van der Waals surface area contributed by atoms with E-state index >= 15 is 0 Å². The molecule has 0 aliphatic rings. The number of halogens is 1.